The van der Waals surface area contributed by atoms with Gasteiger partial charge in [-0.25, -0.2) is 0 Å². The minimum atomic E-state index is -2.26. The second kappa shape index (κ2) is 17.3. The normalized spacial score (nSPS) is 12.7. The number of rotatable bonds is 8. The molecule has 0 fully saturated rings. The van der Waals surface area contributed by atoms with Crippen LogP contribution in [-0.2, 0) is 0 Å². The van der Waals surface area contributed by atoms with E-state index in [0.29, 0.717) is 0 Å². The van der Waals surface area contributed by atoms with Gasteiger partial charge >= 0.3 is 0 Å². The summed E-state index contributed by atoms with van der Waals surface area (Å²) in [5.74, 6) is 0. The van der Waals surface area contributed by atoms with E-state index < -0.39 is 8.07 Å². The number of hydrogen-bond donors (Lipinski definition) is 0. The molecule has 12 aromatic carbocycles. The van der Waals surface area contributed by atoms with E-state index in [2.05, 4.69) is 274 Å². The zero-order valence-corrected chi connectivity index (χ0v) is 43.8. The highest BCUT2D eigenvalue weighted by Crippen LogP contribution is 2.48. The van der Waals surface area contributed by atoms with E-state index in [1.54, 1.807) is 0 Å². The van der Waals surface area contributed by atoms with Crippen LogP contribution >= 0.6 is 0 Å². The Labute approximate surface area is 439 Å². The molecule has 2 heterocycles. The van der Waals surface area contributed by atoms with E-state index >= 15 is 0 Å². The molecule has 0 atom stereocenters. The summed E-state index contributed by atoms with van der Waals surface area (Å²) in [4.78, 5) is 4.86. The maximum Gasteiger partial charge on any atom is 0.159 e. The van der Waals surface area contributed by atoms with Gasteiger partial charge in [0.25, 0.3) is 0 Å². The lowest BCUT2D eigenvalue weighted by Gasteiger charge is -2.36. The number of para-hydroxylation sites is 4. The van der Waals surface area contributed by atoms with Gasteiger partial charge in [-0.05, 0) is 169 Å². The molecule has 0 unspecified atom stereocenters. The largest absolute Gasteiger partial charge is 0.454 e. The van der Waals surface area contributed by atoms with Crippen LogP contribution in [0.3, 0.4) is 0 Å². The third-order valence-electron chi connectivity index (χ3n) is 16.1. The van der Waals surface area contributed by atoms with Crippen LogP contribution in [0.2, 0.25) is 13.1 Å². The van der Waals surface area contributed by atoms with Crippen LogP contribution in [0.4, 0.5) is 34.1 Å². The van der Waals surface area contributed by atoms with Crippen molar-refractivity contribution in [1.82, 2.24) is 0 Å². The van der Waals surface area contributed by atoms with Gasteiger partial charge in [0, 0.05) is 33.4 Å². The Morgan fingerprint density at radius 3 is 1.71 bits per heavy atom. The SMILES string of the molecule is Cc1cc(C)c(N(c2ccccc2)c2ccc3c(c2)[Si](C)(C)c2cccc4c2c-3cc2c3ccccc3c(-c3ccc(N(c5ccccc5-c5ccccc5)c5cccc6c5oc5ccccc56)cc3)cc42)c(C)c1. The number of hydrogen-bond acceptors (Lipinski definition) is 3. The fourth-order valence-electron chi connectivity index (χ4n) is 12.7. The predicted molar refractivity (Wildman–Crippen MR) is 323 cm³/mol. The first-order valence-electron chi connectivity index (χ1n) is 26.2. The van der Waals surface area contributed by atoms with Crippen molar-refractivity contribution in [1.29, 1.82) is 0 Å². The highest BCUT2D eigenvalue weighted by atomic mass is 28.3. The number of nitrogens with zero attached hydrogens (tertiary/aromatic N) is 2. The van der Waals surface area contributed by atoms with Crippen LogP contribution in [-0.4, -0.2) is 8.07 Å². The van der Waals surface area contributed by atoms with E-state index in [9.17, 15) is 0 Å². The summed E-state index contributed by atoms with van der Waals surface area (Å²) >= 11 is 0. The quantitative estimate of drug-likeness (QED) is 0.112. The zero-order valence-electron chi connectivity index (χ0n) is 42.8. The fraction of sp³-hybridized carbons (Fsp3) is 0.0704. The smallest absolute Gasteiger partial charge is 0.159 e. The standard InChI is InChI=1S/C71H54N2OSi/c1-45-40-46(2)70(47(3)41-45)72(50-22-10-7-11-23-50)52-38-39-57-63-44-61-55-26-13-12-25-54(55)60(43-62(61)58-28-19-33-67(69(58)63)75(4,5)68(57)42-52)49-34-36-51(37-35-49)73(64-30-16-14-24-53(64)48-20-8-6-9-21-48)65-31-18-29-59-56-27-15-17-32-66(56)74-71(59)65/h6-44H,1-5H3. The Balaban J connectivity index is 0.934. The summed E-state index contributed by atoms with van der Waals surface area (Å²) in [7, 11) is -2.26. The summed E-state index contributed by atoms with van der Waals surface area (Å²) in [6.07, 6.45) is 0. The third-order valence-corrected chi connectivity index (χ3v) is 19.6. The average Bonchev–Trinajstić information content (AvgIpc) is 3.83. The third kappa shape index (κ3) is 7.08. The number of fused-ring (bicyclic) bond motifs is 9. The molecule has 0 amide bonds. The fourth-order valence-corrected chi connectivity index (χ4v) is 15.8. The lowest BCUT2D eigenvalue weighted by molar-refractivity contribution is 0.669. The van der Waals surface area contributed by atoms with Crippen molar-refractivity contribution in [2.24, 2.45) is 0 Å². The molecule has 0 saturated heterocycles. The Morgan fingerprint density at radius 2 is 0.920 bits per heavy atom. The molecule has 358 valence electrons. The molecule has 75 heavy (non-hydrogen) atoms. The zero-order chi connectivity index (χ0) is 50.5. The minimum Gasteiger partial charge on any atom is -0.454 e. The molecule has 1 aliphatic heterocycles. The first kappa shape index (κ1) is 44.7. The molecule has 14 rings (SSSR count). The van der Waals surface area contributed by atoms with Gasteiger partial charge in [-0.15, -0.1) is 0 Å². The maximum absolute atomic E-state index is 6.75. The van der Waals surface area contributed by atoms with Crippen LogP contribution < -0.4 is 20.2 Å². The molecule has 3 nitrogen and oxygen atoms in total. The highest BCUT2D eigenvalue weighted by molar-refractivity contribution is 7.03. The van der Waals surface area contributed by atoms with Gasteiger partial charge in [-0.3, -0.25) is 0 Å². The maximum atomic E-state index is 6.75. The summed E-state index contributed by atoms with van der Waals surface area (Å²) in [6.45, 7) is 11.8. The monoisotopic (exact) mass is 978 g/mol. The van der Waals surface area contributed by atoms with Crippen molar-refractivity contribution in [3.8, 4) is 33.4 Å². The number of anilines is 6. The Kier molecular flexibility index (Phi) is 10.3. The Morgan fingerprint density at radius 1 is 0.347 bits per heavy atom. The highest BCUT2D eigenvalue weighted by Gasteiger charge is 2.37. The number of benzene rings is 12. The van der Waals surface area contributed by atoms with Gasteiger partial charge in [0.2, 0.25) is 0 Å². The van der Waals surface area contributed by atoms with E-state index in [4.69, 9.17) is 4.42 Å². The van der Waals surface area contributed by atoms with Crippen molar-refractivity contribution < 1.29 is 4.42 Å². The van der Waals surface area contributed by atoms with Gasteiger partial charge in [-0.2, -0.15) is 0 Å². The van der Waals surface area contributed by atoms with Gasteiger partial charge in [-0.1, -0.05) is 189 Å². The molecule has 0 N–H and O–H groups in total. The van der Waals surface area contributed by atoms with Gasteiger partial charge < -0.3 is 14.2 Å². The molecule has 0 bridgehead atoms. The van der Waals surface area contributed by atoms with Crippen molar-refractivity contribution >= 4 is 107 Å². The summed E-state index contributed by atoms with van der Waals surface area (Å²) < 4.78 is 6.75. The second-order valence-electron chi connectivity index (χ2n) is 21.0. The minimum absolute atomic E-state index is 0.862. The topological polar surface area (TPSA) is 19.6 Å². The lowest BCUT2D eigenvalue weighted by Crippen LogP contribution is -2.56. The molecule has 1 aliphatic rings. The van der Waals surface area contributed by atoms with Crippen LogP contribution in [0.5, 0.6) is 0 Å². The average molecular weight is 979 g/mol. The summed E-state index contributed by atoms with van der Waals surface area (Å²) in [6, 6.07) is 87.4. The van der Waals surface area contributed by atoms with Crippen molar-refractivity contribution in [2.45, 2.75) is 33.9 Å². The van der Waals surface area contributed by atoms with Crippen LogP contribution in [0.15, 0.2) is 241 Å². The van der Waals surface area contributed by atoms with Crippen molar-refractivity contribution in [2.75, 3.05) is 9.80 Å². The van der Waals surface area contributed by atoms with E-state index in [1.807, 2.05) is 6.07 Å². The predicted octanol–water partition coefficient (Wildman–Crippen LogP) is 19.0. The Bertz CT molecular complexity index is 4400. The molecule has 1 aromatic heterocycles. The van der Waals surface area contributed by atoms with Crippen molar-refractivity contribution in [3.63, 3.8) is 0 Å². The number of furan rings is 1. The molecular formula is C71H54N2OSi. The molecule has 0 spiro atoms. The van der Waals surface area contributed by atoms with Crippen LogP contribution in [0, 0.1) is 20.8 Å². The molecular weight excluding hydrogens is 925 g/mol. The molecule has 0 aliphatic carbocycles. The second-order valence-corrected chi connectivity index (χ2v) is 25.3. The first-order valence-corrected chi connectivity index (χ1v) is 29.2. The van der Waals surface area contributed by atoms with Gasteiger partial charge in [0.05, 0.1) is 17.1 Å². The van der Waals surface area contributed by atoms with Crippen LogP contribution in [0.1, 0.15) is 16.7 Å². The van der Waals surface area contributed by atoms with E-state index in [0.717, 1.165) is 50.1 Å². The lowest BCUT2D eigenvalue weighted by atomic mass is 9.87. The van der Waals surface area contributed by atoms with Crippen LogP contribution in [0.25, 0.3) is 87.6 Å². The molecule has 13 aromatic rings. The Hall–Kier alpha value is -8.96. The van der Waals surface area contributed by atoms with E-state index in [-0.39, 0.29) is 0 Å². The van der Waals surface area contributed by atoms with Crippen molar-refractivity contribution in [3.05, 3.63) is 253 Å². The van der Waals surface area contributed by atoms with Gasteiger partial charge in [0.1, 0.15) is 13.7 Å². The molecule has 0 saturated carbocycles. The summed E-state index contributed by atoms with van der Waals surface area (Å²) in [5, 5.41) is 13.0. The number of aryl methyl sites for hydroxylation is 3. The molecule has 4 heteroatoms. The van der Waals surface area contributed by atoms with Gasteiger partial charge in [0.15, 0.2) is 5.58 Å². The molecule has 0 radical (unpaired) electrons. The first-order chi connectivity index (χ1) is 36.7. The van der Waals surface area contributed by atoms with E-state index in [1.165, 1.54) is 98.7 Å². The summed E-state index contributed by atoms with van der Waals surface area (Å²) in [5.41, 5.74) is 19.7.